The zero-order chi connectivity index (χ0) is 15.5. The maximum absolute atomic E-state index is 13.1. The van der Waals surface area contributed by atoms with E-state index in [-0.39, 0.29) is 16.6 Å². The molecule has 0 atom stereocenters. The third kappa shape index (κ3) is 3.85. The lowest BCUT2D eigenvalue weighted by Crippen LogP contribution is -2.11. The van der Waals surface area contributed by atoms with Crippen molar-refractivity contribution in [2.45, 2.75) is 12.8 Å². The van der Waals surface area contributed by atoms with Gasteiger partial charge < -0.3 is 4.74 Å². The van der Waals surface area contributed by atoms with Gasteiger partial charge >= 0.3 is 6.18 Å². The molecule has 2 rings (SSSR count). The summed E-state index contributed by atoms with van der Waals surface area (Å²) in [4.78, 5) is 11.0. The molecule has 21 heavy (non-hydrogen) atoms. The number of hydrogen-bond acceptors (Lipinski definition) is 2. The summed E-state index contributed by atoms with van der Waals surface area (Å²) in [6, 6.07) is 11.0. The molecule has 0 aliphatic heterocycles. The van der Waals surface area contributed by atoms with Crippen LogP contribution in [-0.2, 0) is 12.8 Å². The number of rotatable bonds is 4. The predicted molar refractivity (Wildman–Crippen MR) is 75.3 cm³/mol. The Labute approximate surface area is 127 Å². The summed E-state index contributed by atoms with van der Waals surface area (Å²) in [5.41, 5.74) is -0.409. The summed E-state index contributed by atoms with van der Waals surface area (Å²) in [5, 5.41) is 0. The largest absolute Gasteiger partial charge is 0.488 e. The molecule has 0 unspecified atom stereocenters. The second kappa shape index (κ2) is 6.30. The minimum atomic E-state index is -4.60. The van der Waals surface area contributed by atoms with E-state index < -0.39 is 17.5 Å². The van der Waals surface area contributed by atoms with Crippen LogP contribution >= 0.6 is 15.9 Å². The maximum atomic E-state index is 13.1. The lowest BCUT2D eigenvalue weighted by molar-refractivity contribution is -0.139. The monoisotopic (exact) mass is 358 g/mol. The average Bonchev–Trinajstić information content (AvgIpc) is 2.45. The second-order valence-electron chi connectivity index (χ2n) is 4.26. The van der Waals surface area contributed by atoms with Gasteiger partial charge in [0, 0.05) is 4.47 Å². The van der Waals surface area contributed by atoms with E-state index in [1.807, 2.05) is 0 Å². The number of aldehydes is 1. The SMILES string of the molecule is O=Cc1cc(Br)cc(C(F)(F)F)c1OCc1ccccc1. The Kier molecular flexibility index (Phi) is 4.67. The van der Waals surface area contributed by atoms with Crippen LogP contribution in [0.1, 0.15) is 21.5 Å². The minimum Gasteiger partial charge on any atom is -0.488 e. The molecule has 0 radical (unpaired) electrons. The van der Waals surface area contributed by atoms with Gasteiger partial charge in [0.2, 0.25) is 0 Å². The van der Waals surface area contributed by atoms with Crippen LogP contribution in [0.5, 0.6) is 5.75 Å². The topological polar surface area (TPSA) is 26.3 Å². The fourth-order valence-electron chi connectivity index (χ4n) is 1.80. The van der Waals surface area contributed by atoms with Crippen LogP contribution in [-0.4, -0.2) is 6.29 Å². The number of alkyl halides is 3. The highest BCUT2D eigenvalue weighted by Gasteiger charge is 2.36. The first kappa shape index (κ1) is 15.6. The first-order valence-corrected chi connectivity index (χ1v) is 6.74. The standard InChI is InChI=1S/C15H10BrF3O2/c16-12-6-11(8-20)14(13(7-12)15(17,18)19)21-9-10-4-2-1-3-5-10/h1-8H,9H2. The highest BCUT2D eigenvalue weighted by molar-refractivity contribution is 9.10. The van der Waals surface area contributed by atoms with Crippen LogP contribution < -0.4 is 4.74 Å². The molecule has 2 nitrogen and oxygen atoms in total. The van der Waals surface area contributed by atoms with E-state index in [1.54, 1.807) is 30.3 Å². The molecule has 0 N–H and O–H groups in total. The van der Waals surface area contributed by atoms with Gasteiger partial charge in [-0.15, -0.1) is 0 Å². The van der Waals surface area contributed by atoms with E-state index in [9.17, 15) is 18.0 Å². The summed E-state index contributed by atoms with van der Waals surface area (Å²) in [6.45, 7) is -0.0492. The van der Waals surface area contributed by atoms with Gasteiger partial charge in [-0.25, -0.2) is 0 Å². The second-order valence-corrected chi connectivity index (χ2v) is 5.18. The summed E-state index contributed by atoms with van der Waals surface area (Å²) >= 11 is 2.96. The van der Waals surface area contributed by atoms with Crippen LogP contribution in [0.3, 0.4) is 0 Å². The molecule has 0 amide bonds. The van der Waals surface area contributed by atoms with Crippen molar-refractivity contribution in [3.63, 3.8) is 0 Å². The molecular weight excluding hydrogens is 349 g/mol. The van der Waals surface area contributed by atoms with Crippen LogP contribution in [0.4, 0.5) is 13.2 Å². The van der Waals surface area contributed by atoms with Gasteiger partial charge in [0.25, 0.3) is 0 Å². The highest BCUT2D eigenvalue weighted by atomic mass is 79.9. The van der Waals surface area contributed by atoms with Gasteiger partial charge in [0.05, 0.1) is 11.1 Å². The van der Waals surface area contributed by atoms with Crippen molar-refractivity contribution in [3.8, 4) is 5.75 Å². The molecule has 0 spiro atoms. The molecule has 0 aromatic heterocycles. The van der Waals surface area contributed by atoms with Gasteiger partial charge in [-0.2, -0.15) is 13.2 Å². The van der Waals surface area contributed by atoms with Crippen molar-refractivity contribution in [1.29, 1.82) is 0 Å². The number of ether oxygens (including phenoxy) is 1. The zero-order valence-corrected chi connectivity index (χ0v) is 12.2. The molecule has 2 aromatic carbocycles. The number of carbonyl (C=O) groups is 1. The van der Waals surface area contributed by atoms with E-state index in [2.05, 4.69) is 15.9 Å². The van der Waals surface area contributed by atoms with Crippen molar-refractivity contribution < 1.29 is 22.7 Å². The van der Waals surface area contributed by atoms with Gasteiger partial charge in [-0.05, 0) is 17.7 Å². The maximum Gasteiger partial charge on any atom is 0.420 e. The Balaban J connectivity index is 2.39. The molecule has 0 aliphatic rings. The summed E-state index contributed by atoms with van der Waals surface area (Å²) in [5.74, 6) is -0.454. The van der Waals surface area contributed by atoms with E-state index in [1.165, 1.54) is 6.07 Å². The first-order valence-electron chi connectivity index (χ1n) is 5.94. The van der Waals surface area contributed by atoms with Gasteiger partial charge in [-0.3, -0.25) is 4.79 Å². The van der Waals surface area contributed by atoms with E-state index in [4.69, 9.17) is 4.74 Å². The summed E-state index contributed by atoms with van der Waals surface area (Å²) in [7, 11) is 0. The fraction of sp³-hybridized carbons (Fsp3) is 0.133. The normalized spacial score (nSPS) is 11.2. The molecule has 2 aromatic rings. The average molecular weight is 359 g/mol. The van der Waals surface area contributed by atoms with Crippen LogP contribution in [0.25, 0.3) is 0 Å². The first-order chi connectivity index (χ1) is 9.91. The third-order valence-electron chi connectivity index (χ3n) is 2.74. The smallest absolute Gasteiger partial charge is 0.420 e. The van der Waals surface area contributed by atoms with Gasteiger partial charge in [-0.1, -0.05) is 46.3 Å². The summed E-state index contributed by atoms with van der Waals surface area (Å²) < 4.78 is 44.6. The van der Waals surface area contributed by atoms with E-state index in [0.29, 0.717) is 11.8 Å². The number of carbonyl (C=O) groups excluding carboxylic acids is 1. The molecule has 6 heteroatoms. The Morgan fingerprint density at radius 2 is 1.81 bits per heavy atom. The molecule has 0 bridgehead atoms. The Bertz CT molecular complexity index is 639. The van der Waals surface area contributed by atoms with Crippen molar-refractivity contribution in [1.82, 2.24) is 0 Å². The quantitative estimate of drug-likeness (QED) is 0.729. The highest BCUT2D eigenvalue weighted by Crippen LogP contribution is 2.40. The molecule has 0 aliphatic carbocycles. The third-order valence-corrected chi connectivity index (χ3v) is 3.20. The van der Waals surface area contributed by atoms with E-state index in [0.717, 1.165) is 6.07 Å². The van der Waals surface area contributed by atoms with Crippen LogP contribution in [0.15, 0.2) is 46.9 Å². The minimum absolute atomic E-state index is 0.0492. The van der Waals surface area contributed by atoms with Crippen LogP contribution in [0.2, 0.25) is 0 Å². The number of hydrogen-bond donors (Lipinski definition) is 0. The van der Waals surface area contributed by atoms with Crippen molar-refractivity contribution >= 4 is 22.2 Å². The summed E-state index contributed by atoms with van der Waals surface area (Å²) in [6.07, 6.45) is -4.26. The molecule has 0 saturated carbocycles. The van der Waals surface area contributed by atoms with Crippen molar-refractivity contribution in [2.75, 3.05) is 0 Å². The molecule has 0 fully saturated rings. The lowest BCUT2D eigenvalue weighted by atomic mass is 10.1. The molecule has 0 heterocycles. The van der Waals surface area contributed by atoms with Crippen LogP contribution in [0, 0.1) is 0 Å². The van der Waals surface area contributed by atoms with Gasteiger partial charge in [0.1, 0.15) is 12.4 Å². The Morgan fingerprint density at radius 1 is 1.14 bits per heavy atom. The van der Waals surface area contributed by atoms with Crippen molar-refractivity contribution in [2.24, 2.45) is 0 Å². The molecule has 110 valence electrons. The Morgan fingerprint density at radius 3 is 2.38 bits per heavy atom. The molecule has 0 saturated heterocycles. The number of benzene rings is 2. The van der Waals surface area contributed by atoms with Crippen molar-refractivity contribution in [3.05, 3.63) is 63.6 Å². The molecular formula is C15H10BrF3O2. The predicted octanol–water partition coefficient (Wildman–Crippen LogP) is 4.86. The fourth-order valence-corrected chi connectivity index (χ4v) is 2.28. The Hall–Kier alpha value is -1.82. The lowest BCUT2D eigenvalue weighted by Gasteiger charge is -2.16. The van der Waals surface area contributed by atoms with Gasteiger partial charge in [0.15, 0.2) is 6.29 Å². The zero-order valence-electron chi connectivity index (χ0n) is 10.7. The number of halogens is 4. The van der Waals surface area contributed by atoms with E-state index >= 15 is 0 Å².